The Balaban J connectivity index is 0.00000182. The number of nitrogens with one attached hydrogen (secondary N) is 1. The number of carbonyl (C=O) groups is 1. The zero-order valence-electron chi connectivity index (χ0n) is 14.2. The number of hydrogen-bond acceptors (Lipinski definition) is 4. The second-order valence-electron chi connectivity index (χ2n) is 6.82. The van der Waals surface area contributed by atoms with E-state index in [1.807, 2.05) is 35.2 Å². The summed E-state index contributed by atoms with van der Waals surface area (Å²) in [6, 6.07) is 10.2. The zero-order chi connectivity index (χ0) is 16.4. The van der Waals surface area contributed by atoms with E-state index in [9.17, 15) is 4.79 Å². The minimum absolute atomic E-state index is 0. The summed E-state index contributed by atoms with van der Waals surface area (Å²) >= 11 is 0. The quantitative estimate of drug-likeness (QED) is 0.887. The number of carbonyl (C=O) groups excluding carboxylic acids is 1. The molecule has 1 N–H and O–H groups in total. The number of rotatable bonds is 5. The first-order valence-electron chi connectivity index (χ1n) is 8.83. The number of likely N-dealkylation sites (tertiary alicyclic amines) is 1. The standard InChI is InChI=1S/C19H23N3O2.ClH/c23-19(17-13-24-18(21-17)15-4-2-1-3-5-15)22-10-8-16(9-11-22)20-12-14-6-7-14;/h1-5,13-14,16,20H,6-12H2;1H. The van der Waals surface area contributed by atoms with Crippen molar-refractivity contribution in [2.75, 3.05) is 19.6 Å². The van der Waals surface area contributed by atoms with Crippen LogP contribution in [0.3, 0.4) is 0 Å². The Hall–Kier alpha value is -1.85. The van der Waals surface area contributed by atoms with Crippen molar-refractivity contribution in [1.82, 2.24) is 15.2 Å². The number of nitrogens with zero attached hydrogens (tertiary/aromatic N) is 2. The fraction of sp³-hybridized carbons (Fsp3) is 0.474. The van der Waals surface area contributed by atoms with E-state index < -0.39 is 0 Å². The molecule has 4 rings (SSSR count). The van der Waals surface area contributed by atoms with E-state index in [2.05, 4.69) is 10.3 Å². The molecular weight excluding hydrogens is 338 g/mol. The summed E-state index contributed by atoms with van der Waals surface area (Å²) in [5.41, 5.74) is 1.29. The Bertz CT molecular complexity index is 692. The van der Waals surface area contributed by atoms with Gasteiger partial charge in [-0.15, -0.1) is 12.4 Å². The Morgan fingerprint density at radius 2 is 1.88 bits per heavy atom. The zero-order valence-corrected chi connectivity index (χ0v) is 15.0. The van der Waals surface area contributed by atoms with Crippen molar-refractivity contribution in [2.45, 2.75) is 31.7 Å². The third kappa shape index (κ3) is 4.41. The molecule has 0 spiro atoms. The van der Waals surface area contributed by atoms with Crippen LogP contribution in [0.25, 0.3) is 11.5 Å². The van der Waals surface area contributed by atoms with E-state index in [0.29, 0.717) is 17.6 Å². The van der Waals surface area contributed by atoms with Crippen molar-refractivity contribution >= 4 is 18.3 Å². The molecule has 1 amide bonds. The molecule has 1 saturated heterocycles. The average molecular weight is 362 g/mol. The Kier molecular flexibility index (Phi) is 5.76. The van der Waals surface area contributed by atoms with Crippen LogP contribution in [-0.2, 0) is 0 Å². The predicted molar refractivity (Wildman–Crippen MR) is 98.8 cm³/mol. The predicted octanol–water partition coefficient (Wildman–Crippen LogP) is 3.37. The van der Waals surface area contributed by atoms with Gasteiger partial charge in [0.15, 0.2) is 5.69 Å². The summed E-state index contributed by atoms with van der Waals surface area (Å²) in [5.74, 6) is 1.37. The van der Waals surface area contributed by atoms with Gasteiger partial charge in [-0.25, -0.2) is 4.98 Å². The fourth-order valence-electron chi connectivity index (χ4n) is 3.19. The summed E-state index contributed by atoms with van der Waals surface area (Å²) in [4.78, 5) is 18.9. The molecule has 134 valence electrons. The lowest BCUT2D eigenvalue weighted by Crippen LogP contribution is -2.45. The molecule has 1 aromatic heterocycles. The van der Waals surface area contributed by atoms with Crippen LogP contribution in [0.4, 0.5) is 0 Å². The molecule has 25 heavy (non-hydrogen) atoms. The van der Waals surface area contributed by atoms with Crippen LogP contribution in [0.15, 0.2) is 41.0 Å². The van der Waals surface area contributed by atoms with Gasteiger partial charge in [-0.3, -0.25) is 4.79 Å². The van der Waals surface area contributed by atoms with E-state index in [1.54, 1.807) is 0 Å². The molecule has 2 aliphatic rings. The molecule has 0 bridgehead atoms. The third-order valence-corrected chi connectivity index (χ3v) is 4.92. The highest BCUT2D eigenvalue weighted by Gasteiger charge is 2.27. The number of oxazole rings is 1. The van der Waals surface area contributed by atoms with Crippen molar-refractivity contribution in [2.24, 2.45) is 5.92 Å². The van der Waals surface area contributed by atoms with Crippen LogP contribution in [0.5, 0.6) is 0 Å². The van der Waals surface area contributed by atoms with Crippen LogP contribution in [-0.4, -0.2) is 41.5 Å². The normalized spacial score (nSPS) is 18.0. The van der Waals surface area contributed by atoms with Gasteiger partial charge in [-0.2, -0.15) is 0 Å². The summed E-state index contributed by atoms with van der Waals surface area (Å²) in [5, 5.41) is 3.64. The maximum absolute atomic E-state index is 12.6. The smallest absolute Gasteiger partial charge is 0.275 e. The third-order valence-electron chi connectivity index (χ3n) is 4.92. The first-order valence-corrected chi connectivity index (χ1v) is 8.83. The highest BCUT2D eigenvalue weighted by Crippen LogP contribution is 2.28. The summed E-state index contributed by atoms with van der Waals surface area (Å²) in [6.07, 6.45) is 6.26. The van der Waals surface area contributed by atoms with Crippen LogP contribution in [0.2, 0.25) is 0 Å². The number of piperidine rings is 1. The van der Waals surface area contributed by atoms with E-state index in [4.69, 9.17) is 4.42 Å². The topological polar surface area (TPSA) is 58.4 Å². The molecule has 0 atom stereocenters. The van der Waals surface area contributed by atoms with Crippen molar-refractivity contribution in [1.29, 1.82) is 0 Å². The first kappa shape index (κ1) is 18.0. The van der Waals surface area contributed by atoms with Gasteiger partial charge >= 0.3 is 0 Å². The molecule has 2 aromatic rings. The number of halogens is 1. The second-order valence-corrected chi connectivity index (χ2v) is 6.82. The van der Waals surface area contributed by atoms with Crippen LogP contribution >= 0.6 is 12.4 Å². The highest BCUT2D eigenvalue weighted by atomic mass is 35.5. The van der Waals surface area contributed by atoms with Crippen molar-refractivity contribution in [3.05, 3.63) is 42.3 Å². The van der Waals surface area contributed by atoms with Crippen LogP contribution in [0, 0.1) is 5.92 Å². The van der Waals surface area contributed by atoms with Gasteiger partial charge in [0.2, 0.25) is 5.89 Å². The van der Waals surface area contributed by atoms with Gasteiger partial charge in [0.25, 0.3) is 5.91 Å². The van der Waals surface area contributed by atoms with Gasteiger partial charge in [-0.1, -0.05) is 18.2 Å². The number of benzene rings is 1. The molecule has 1 aliphatic carbocycles. The Morgan fingerprint density at radius 3 is 2.56 bits per heavy atom. The second kappa shape index (κ2) is 8.02. The molecule has 5 nitrogen and oxygen atoms in total. The van der Waals surface area contributed by atoms with Gasteiger partial charge in [0, 0.05) is 24.7 Å². The van der Waals surface area contributed by atoms with Gasteiger partial charge in [-0.05, 0) is 50.3 Å². The lowest BCUT2D eigenvalue weighted by Gasteiger charge is -2.32. The van der Waals surface area contributed by atoms with Crippen molar-refractivity contribution < 1.29 is 9.21 Å². The maximum Gasteiger partial charge on any atom is 0.275 e. The molecule has 6 heteroatoms. The van der Waals surface area contributed by atoms with Gasteiger partial charge in [0.05, 0.1) is 0 Å². The van der Waals surface area contributed by atoms with Crippen molar-refractivity contribution in [3.8, 4) is 11.5 Å². The number of aromatic nitrogens is 1. The number of amides is 1. The summed E-state index contributed by atoms with van der Waals surface area (Å²) in [6.45, 7) is 2.71. The summed E-state index contributed by atoms with van der Waals surface area (Å²) in [7, 11) is 0. The minimum atomic E-state index is -0.0263. The molecule has 1 saturated carbocycles. The van der Waals surface area contributed by atoms with Crippen LogP contribution < -0.4 is 5.32 Å². The fourth-order valence-corrected chi connectivity index (χ4v) is 3.19. The lowest BCUT2D eigenvalue weighted by molar-refractivity contribution is 0.0699. The maximum atomic E-state index is 12.6. The number of hydrogen-bond donors (Lipinski definition) is 1. The van der Waals surface area contributed by atoms with Gasteiger partial charge < -0.3 is 14.6 Å². The Morgan fingerprint density at radius 1 is 1.16 bits per heavy atom. The van der Waals surface area contributed by atoms with E-state index in [-0.39, 0.29) is 18.3 Å². The van der Waals surface area contributed by atoms with Crippen LogP contribution in [0.1, 0.15) is 36.2 Å². The Labute approximate surface area is 154 Å². The molecule has 1 aliphatic heterocycles. The van der Waals surface area contributed by atoms with E-state index >= 15 is 0 Å². The monoisotopic (exact) mass is 361 g/mol. The first-order chi connectivity index (χ1) is 11.8. The summed E-state index contributed by atoms with van der Waals surface area (Å²) < 4.78 is 5.48. The average Bonchev–Trinajstić information content (AvgIpc) is 3.34. The SMILES string of the molecule is Cl.O=C(c1coc(-c2ccccc2)n1)N1CCC(NCC2CC2)CC1. The van der Waals surface area contributed by atoms with Crippen molar-refractivity contribution in [3.63, 3.8) is 0 Å². The molecule has 0 radical (unpaired) electrons. The molecule has 1 aromatic carbocycles. The molecular formula is C19H24ClN3O2. The molecule has 2 heterocycles. The lowest BCUT2D eigenvalue weighted by atomic mass is 10.0. The van der Waals surface area contributed by atoms with E-state index in [0.717, 1.165) is 44.0 Å². The molecule has 0 unspecified atom stereocenters. The minimum Gasteiger partial charge on any atom is -0.444 e. The largest absolute Gasteiger partial charge is 0.444 e. The van der Waals surface area contributed by atoms with E-state index in [1.165, 1.54) is 19.1 Å². The highest BCUT2D eigenvalue weighted by molar-refractivity contribution is 5.92. The van der Waals surface area contributed by atoms with Gasteiger partial charge in [0.1, 0.15) is 6.26 Å². The molecule has 2 fully saturated rings.